The van der Waals surface area contributed by atoms with Crippen molar-refractivity contribution in [1.82, 2.24) is 15.0 Å². The molecule has 7 heteroatoms. The Hall–Kier alpha value is -2.80. The molecule has 1 N–H and O–H groups in total. The molecule has 1 atom stereocenters. The summed E-state index contributed by atoms with van der Waals surface area (Å²) >= 11 is 0. The zero-order valence-electron chi connectivity index (χ0n) is 16.1. The Kier molecular flexibility index (Phi) is 4.42. The van der Waals surface area contributed by atoms with E-state index in [-0.39, 0.29) is 24.2 Å². The third kappa shape index (κ3) is 3.05. The molecule has 1 fully saturated rings. The molecule has 0 radical (unpaired) electrons. The Morgan fingerprint density at radius 2 is 2.04 bits per heavy atom. The van der Waals surface area contributed by atoms with E-state index in [1.165, 1.54) is 12.1 Å². The van der Waals surface area contributed by atoms with Gasteiger partial charge in [-0.2, -0.15) is 0 Å². The van der Waals surface area contributed by atoms with E-state index in [1.807, 2.05) is 13.8 Å². The van der Waals surface area contributed by atoms with E-state index in [2.05, 4.69) is 10.1 Å². The highest BCUT2D eigenvalue weighted by Gasteiger charge is 2.40. The van der Waals surface area contributed by atoms with E-state index in [9.17, 15) is 14.3 Å². The highest BCUT2D eigenvalue weighted by atomic mass is 19.1. The van der Waals surface area contributed by atoms with Gasteiger partial charge >= 0.3 is 0 Å². The number of aromatic nitrogens is 2. The second kappa shape index (κ2) is 6.67. The molecule has 1 unspecified atom stereocenters. The van der Waals surface area contributed by atoms with Crippen LogP contribution in [0.15, 0.2) is 34.9 Å². The van der Waals surface area contributed by atoms with E-state index >= 15 is 0 Å². The minimum Gasteiger partial charge on any atom is -0.383 e. The number of benzene rings is 1. The van der Waals surface area contributed by atoms with Gasteiger partial charge < -0.3 is 14.5 Å². The highest BCUT2D eigenvalue weighted by Crippen LogP contribution is 2.34. The number of carbonyl (C=O) groups excluding carboxylic acids is 1. The Labute approximate surface area is 162 Å². The van der Waals surface area contributed by atoms with Crippen LogP contribution in [-0.2, 0) is 5.60 Å². The number of aliphatic hydroxyl groups is 1. The number of halogens is 1. The number of aryl methyl sites for hydroxylation is 1. The number of carbonyl (C=O) groups is 1. The van der Waals surface area contributed by atoms with Gasteiger partial charge in [-0.3, -0.25) is 4.79 Å². The van der Waals surface area contributed by atoms with Crippen molar-refractivity contribution in [1.29, 1.82) is 0 Å². The van der Waals surface area contributed by atoms with Gasteiger partial charge in [-0.15, -0.1) is 0 Å². The fraction of sp³-hybridized carbons (Fsp3) is 0.381. The van der Waals surface area contributed by atoms with Crippen molar-refractivity contribution in [3.8, 4) is 0 Å². The van der Waals surface area contributed by atoms with E-state index in [0.717, 1.165) is 5.69 Å². The van der Waals surface area contributed by atoms with Crippen molar-refractivity contribution in [2.24, 2.45) is 0 Å². The third-order valence-electron chi connectivity index (χ3n) is 5.38. The zero-order chi connectivity index (χ0) is 20.1. The minimum atomic E-state index is -1.19. The second-order valence-corrected chi connectivity index (χ2v) is 7.71. The fourth-order valence-electron chi connectivity index (χ4n) is 3.71. The van der Waals surface area contributed by atoms with Crippen LogP contribution < -0.4 is 0 Å². The Morgan fingerprint density at radius 3 is 2.71 bits per heavy atom. The molecule has 0 aliphatic carbocycles. The number of pyridine rings is 1. The number of hydrogen-bond donors (Lipinski definition) is 1. The van der Waals surface area contributed by atoms with Gasteiger partial charge in [0.25, 0.3) is 11.6 Å². The summed E-state index contributed by atoms with van der Waals surface area (Å²) < 4.78 is 18.5. The van der Waals surface area contributed by atoms with Gasteiger partial charge in [-0.25, -0.2) is 9.37 Å². The molecule has 2 aromatic heterocycles. The molecule has 146 valence electrons. The summed E-state index contributed by atoms with van der Waals surface area (Å²) in [5.74, 6) is -0.434. The van der Waals surface area contributed by atoms with Gasteiger partial charge in [0.2, 0.25) is 0 Å². The summed E-state index contributed by atoms with van der Waals surface area (Å²) in [6.45, 7) is 6.31. The first-order valence-electron chi connectivity index (χ1n) is 9.33. The van der Waals surface area contributed by atoms with Crippen LogP contribution in [0.4, 0.5) is 4.39 Å². The lowest BCUT2D eigenvalue weighted by atomic mass is 9.93. The van der Waals surface area contributed by atoms with Gasteiger partial charge in [-0.05, 0) is 43.0 Å². The molecule has 1 aliphatic rings. The molecule has 4 rings (SSSR count). The molecule has 3 heterocycles. The zero-order valence-corrected chi connectivity index (χ0v) is 16.1. The summed E-state index contributed by atoms with van der Waals surface area (Å²) in [4.78, 5) is 19.4. The maximum atomic E-state index is 13.3. The number of fused-ring (bicyclic) bond motifs is 1. The number of nitrogens with zero attached hydrogens (tertiary/aromatic N) is 3. The monoisotopic (exact) mass is 383 g/mol. The number of likely N-dealkylation sites (tertiary alicyclic amines) is 1. The summed E-state index contributed by atoms with van der Waals surface area (Å²) in [5.41, 5.74) is 1.60. The lowest BCUT2D eigenvalue weighted by Gasteiger charge is -2.24. The lowest BCUT2D eigenvalue weighted by molar-refractivity contribution is 0.0417. The molecule has 0 bridgehead atoms. The Balaban J connectivity index is 1.69. The van der Waals surface area contributed by atoms with Crippen molar-refractivity contribution >= 4 is 17.0 Å². The van der Waals surface area contributed by atoms with E-state index in [1.54, 1.807) is 30.0 Å². The number of rotatable bonds is 3. The Bertz CT molecular complexity index is 1040. The average Bonchev–Trinajstić information content (AvgIpc) is 3.25. The summed E-state index contributed by atoms with van der Waals surface area (Å²) in [5, 5.41) is 15.6. The van der Waals surface area contributed by atoms with Crippen LogP contribution in [0.2, 0.25) is 0 Å². The predicted molar refractivity (Wildman–Crippen MR) is 101 cm³/mol. The molecule has 1 aliphatic heterocycles. The van der Waals surface area contributed by atoms with Crippen molar-refractivity contribution < 1.29 is 18.8 Å². The highest BCUT2D eigenvalue weighted by molar-refractivity contribution is 6.06. The lowest BCUT2D eigenvalue weighted by Crippen LogP contribution is -2.34. The first-order chi connectivity index (χ1) is 13.3. The molecule has 1 amide bonds. The molecule has 0 saturated carbocycles. The first-order valence-corrected chi connectivity index (χ1v) is 9.33. The van der Waals surface area contributed by atoms with Crippen LogP contribution in [-0.4, -0.2) is 39.1 Å². The number of β-amino-alcohol motifs (C(OH)–C–C–N with tert-alkyl or cyclic N) is 1. The maximum absolute atomic E-state index is 13.3. The largest absolute Gasteiger partial charge is 0.383 e. The van der Waals surface area contributed by atoms with Gasteiger partial charge in [0.1, 0.15) is 11.4 Å². The fourth-order valence-corrected chi connectivity index (χ4v) is 3.71. The SMILES string of the molecule is Cc1noc2nc(C(C)C)cc(C(=O)N3CCC(O)(c4ccc(F)cc4)C3)c12. The molecule has 0 spiro atoms. The molecule has 1 aromatic carbocycles. The van der Waals surface area contributed by atoms with Crippen LogP contribution in [0.25, 0.3) is 11.1 Å². The third-order valence-corrected chi connectivity index (χ3v) is 5.38. The van der Waals surface area contributed by atoms with Gasteiger partial charge in [0.05, 0.1) is 23.2 Å². The van der Waals surface area contributed by atoms with Crippen LogP contribution in [0.5, 0.6) is 0 Å². The van der Waals surface area contributed by atoms with Crippen molar-refractivity contribution in [3.05, 3.63) is 58.7 Å². The van der Waals surface area contributed by atoms with Gasteiger partial charge in [0, 0.05) is 12.2 Å². The topological polar surface area (TPSA) is 79.5 Å². The quantitative estimate of drug-likeness (QED) is 0.748. The summed E-state index contributed by atoms with van der Waals surface area (Å²) in [6.07, 6.45) is 0.387. The van der Waals surface area contributed by atoms with Gasteiger partial charge in [-0.1, -0.05) is 31.1 Å². The summed E-state index contributed by atoms with van der Waals surface area (Å²) in [7, 11) is 0. The number of hydrogen-bond acceptors (Lipinski definition) is 5. The summed E-state index contributed by atoms with van der Waals surface area (Å²) in [6, 6.07) is 7.55. The molecular formula is C21H22FN3O3. The molecule has 1 saturated heterocycles. The van der Waals surface area contributed by atoms with E-state index in [4.69, 9.17) is 4.52 Å². The van der Waals surface area contributed by atoms with Crippen LogP contribution >= 0.6 is 0 Å². The average molecular weight is 383 g/mol. The van der Waals surface area contributed by atoms with Crippen molar-refractivity contribution in [3.63, 3.8) is 0 Å². The van der Waals surface area contributed by atoms with E-state index in [0.29, 0.717) is 40.9 Å². The molecular weight excluding hydrogens is 361 g/mol. The van der Waals surface area contributed by atoms with Crippen LogP contribution in [0.3, 0.4) is 0 Å². The maximum Gasteiger partial charge on any atom is 0.259 e. The standard InChI is InChI=1S/C21H22FN3O3/c1-12(2)17-10-16(18-13(3)24-28-19(18)23-17)20(26)25-9-8-21(27,11-25)14-4-6-15(22)7-5-14/h4-7,10,12,27H,8-9,11H2,1-3H3. The molecule has 28 heavy (non-hydrogen) atoms. The van der Waals surface area contributed by atoms with Gasteiger partial charge in [0.15, 0.2) is 0 Å². The van der Waals surface area contributed by atoms with Crippen molar-refractivity contribution in [2.75, 3.05) is 13.1 Å². The predicted octanol–water partition coefficient (Wildman–Crippen LogP) is 3.53. The second-order valence-electron chi connectivity index (χ2n) is 7.71. The first kappa shape index (κ1) is 18.6. The normalized spacial score (nSPS) is 19.7. The smallest absolute Gasteiger partial charge is 0.259 e. The molecule has 6 nitrogen and oxygen atoms in total. The van der Waals surface area contributed by atoms with E-state index < -0.39 is 5.60 Å². The van der Waals surface area contributed by atoms with Crippen molar-refractivity contribution in [2.45, 2.75) is 38.7 Å². The Morgan fingerprint density at radius 1 is 1.32 bits per heavy atom. The molecule has 3 aromatic rings. The van der Waals surface area contributed by atoms with Crippen LogP contribution in [0, 0.1) is 12.7 Å². The number of amides is 1. The minimum absolute atomic E-state index is 0.121. The van der Waals surface area contributed by atoms with Crippen LogP contribution in [0.1, 0.15) is 53.5 Å².